The van der Waals surface area contributed by atoms with Crippen LogP contribution < -0.4 is 14.9 Å². The zero-order valence-corrected chi connectivity index (χ0v) is 19.4. The minimum atomic E-state index is -4.14. The normalized spacial score (nSPS) is 21.1. The van der Waals surface area contributed by atoms with E-state index in [2.05, 4.69) is 35.2 Å². The fraction of sp³-hybridized carbons (Fsp3) is 0.348. The van der Waals surface area contributed by atoms with E-state index in [0.29, 0.717) is 23.3 Å². The molecule has 2 aromatic rings. The Balaban J connectivity index is 1.59. The van der Waals surface area contributed by atoms with Crippen molar-refractivity contribution < 1.29 is 18.1 Å². The van der Waals surface area contributed by atoms with Crippen LogP contribution in [0.15, 0.2) is 64.1 Å². The fourth-order valence-electron chi connectivity index (χ4n) is 4.53. The molecule has 2 bridgehead atoms. The second-order valence-electron chi connectivity index (χ2n) is 8.89. The van der Waals surface area contributed by atoms with Crippen LogP contribution in [0.4, 0.5) is 17.1 Å². The van der Waals surface area contributed by atoms with Gasteiger partial charge in [-0.2, -0.15) is 5.10 Å². The number of anilines is 2. The Morgan fingerprint density at radius 3 is 2.55 bits per heavy atom. The summed E-state index contributed by atoms with van der Waals surface area (Å²) in [5, 5.41) is 15.5. The van der Waals surface area contributed by atoms with Gasteiger partial charge in [-0.25, -0.2) is 8.42 Å². The monoisotopic (exact) mass is 470 g/mol. The van der Waals surface area contributed by atoms with Gasteiger partial charge in [-0.15, -0.1) is 0 Å². The SMILES string of the molecule is COc1ccc(NS(=O)(=O)c2cc([N+](=O)[O-])ccc2N/N=C/C2=CCC3CC2C3(C)C)cc1. The van der Waals surface area contributed by atoms with Crippen molar-refractivity contribution in [2.45, 2.75) is 31.6 Å². The lowest BCUT2D eigenvalue weighted by Gasteiger charge is -2.55. The summed E-state index contributed by atoms with van der Waals surface area (Å²) in [6.45, 7) is 4.51. The fourth-order valence-corrected chi connectivity index (χ4v) is 5.77. The summed E-state index contributed by atoms with van der Waals surface area (Å²) >= 11 is 0. The van der Waals surface area contributed by atoms with Crippen molar-refractivity contribution in [1.29, 1.82) is 0 Å². The number of nitrogens with zero attached hydrogens (tertiary/aromatic N) is 2. The number of rotatable bonds is 8. The molecule has 3 aliphatic rings. The molecule has 2 N–H and O–H groups in total. The van der Waals surface area contributed by atoms with E-state index in [1.807, 2.05) is 0 Å². The van der Waals surface area contributed by atoms with Crippen LogP contribution in [0.3, 0.4) is 0 Å². The lowest BCUT2D eigenvalue weighted by Crippen LogP contribution is -2.48. The average Bonchev–Trinajstić information content (AvgIpc) is 2.79. The van der Waals surface area contributed by atoms with Crippen molar-refractivity contribution in [3.05, 3.63) is 64.2 Å². The molecule has 3 aliphatic carbocycles. The van der Waals surface area contributed by atoms with Gasteiger partial charge in [0.1, 0.15) is 10.6 Å². The molecule has 0 aromatic heterocycles. The number of non-ortho nitro benzene ring substituents is 1. The Morgan fingerprint density at radius 1 is 1.21 bits per heavy atom. The summed E-state index contributed by atoms with van der Waals surface area (Å²) in [5.41, 5.74) is 4.23. The molecule has 9 nitrogen and oxygen atoms in total. The minimum absolute atomic E-state index is 0.139. The lowest BCUT2D eigenvalue weighted by atomic mass is 9.49. The third-order valence-electron chi connectivity index (χ3n) is 6.72. The average molecular weight is 471 g/mol. The first kappa shape index (κ1) is 22.8. The zero-order valence-electron chi connectivity index (χ0n) is 18.6. The third-order valence-corrected chi connectivity index (χ3v) is 8.14. The summed E-state index contributed by atoms with van der Waals surface area (Å²) in [5.74, 6) is 1.70. The lowest BCUT2D eigenvalue weighted by molar-refractivity contribution is -0.385. The maximum absolute atomic E-state index is 13.1. The topological polar surface area (TPSA) is 123 Å². The molecule has 10 heteroatoms. The predicted molar refractivity (Wildman–Crippen MR) is 127 cm³/mol. The van der Waals surface area contributed by atoms with Gasteiger partial charge in [0.25, 0.3) is 15.7 Å². The number of hydrazone groups is 1. The molecule has 5 rings (SSSR count). The number of nitrogens with one attached hydrogen (secondary N) is 2. The van der Waals surface area contributed by atoms with E-state index in [9.17, 15) is 18.5 Å². The molecule has 0 amide bonds. The van der Waals surface area contributed by atoms with Crippen LogP contribution in [-0.4, -0.2) is 26.7 Å². The maximum Gasteiger partial charge on any atom is 0.270 e. The summed E-state index contributed by atoms with van der Waals surface area (Å²) in [6.07, 6.45) is 6.03. The van der Waals surface area contributed by atoms with Crippen molar-refractivity contribution >= 4 is 33.3 Å². The summed E-state index contributed by atoms with van der Waals surface area (Å²) in [4.78, 5) is 10.4. The van der Waals surface area contributed by atoms with E-state index in [-0.39, 0.29) is 21.7 Å². The van der Waals surface area contributed by atoms with E-state index in [0.717, 1.165) is 24.5 Å². The highest BCUT2D eigenvalue weighted by Crippen LogP contribution is 2.58. The maximum atomic E-state index is 13.1. The van der Waals surface area contributed by atoms with E-state index < -0.39 is 14.9 Å². The van der Waals surface area contributed by atoms with Gasteiger partial charge in [0.05, 0.1) is 23.9 Å². The molecule has 0 aliphatic heterocycles. The highest BCUT2D eigenvalue weighted by atomic mass is 32.2. The van der Waals surface area contributed by atoms with E-state index in [1.165, 1.54) is 19.2 Å². The van der Waals surface area contributed by atoms with Gasteiger partial charge in [-0.3, -0.25) is 20.3 Å². The van der Waals surface area contributed by atoms with Crippen LogP contribution in [-0.2, 0) is 10.0 Å². The third kappa shape index (κ3) is 4.43. The number of nitro benzene ring substituents is 1. The largest absolute Gasteiger partial charge is 0.497 e. The molecule has 2 aromatic carbocycles. The predicted octanol–water partition coefficient (Wildman–Crippen LogP) is 4.79. The molecule has 0 radical (unpaired) electrons. The molecule has 0 spiro atoms. The second-order valence-corrected chi connectivity index (χ2v) is 10.5. The van der Waals surface area contributed by atoms with Gasteiger partial charge in [-0.05, 0) is 66.0 Å². The number of ether oxygens (including phenoxy) is 1. The number of fused-ring (bicyclic) bond motifs is 1. The van der Waals surface area contributed by atoms with E-state index in [1.54, 1.807) is 30.5 Å². The van der Waals surface area contributed by atoms with Crippen molar-refractivity contribution in [3.8, 4) is 5.75 Å². The highest BCUT2D eigenvalue weighted by molar-refractivity contribution is 7.92. The number of nitro groups is 1. The smallest absolute Gasteiger partial charge is 0.270 e. The molecule has 0 heterocycles. The Bertz CT molecular complexity index is 1240. The second kappa shape index (κ2) is 8.51. The quantitative estimate of drug-likeness (QED) is 0.325. The van der Waals surface area contributed by atoms with Crippen LogP contribution in [0.25, 0.3) is 0 Å². The van der Waals surface area contributed by atoms with Crippen LogP contribution >= 0.6 is 0 Å². The standard InChI is InChI=1S/C23H26N4O5S/c1-23(2)16-5-4-15(20(23)12-16)14-24-25-21-11-8-18(27(28)29)13-22(21)33(30,31)26-17-6-9-19(32-3)10-7-17/h4,6-11,13-14,16,20,25-26H,5,12H2,1-3H3/b24-14+. The van der Waals surface area contributed by atoms with E-state index >= 15 is 0 Å². The van der Waals surface area contributed by atoms with Crippen LogP contribution in [0.5, 0.6) is 5.75 Å². The van der Waals surface area contributed by atoms with Gasteiger partial charge in [-0.1, -0.05) is 19.9 Å². The number of hydrogen-bond acceptors (Lipinski definition) is 7. The van der Waals surface area contributed by atoms with E-state index in [4.69, 9.17) is 4.74 Å². The first-order valence-electron chi connectivity index (χ1n) is 10.6. The zero-order chi connectivity index (χ0) is 23.8. The van der Waals surface area contributed by atoms with Gasteiger partial charge in [0.15, 0.2) is 0 Å². The Kier molecular flexibility index (Phi) is 5.87. The number of sulfonamides is 1. The van der Waals surface area contributed by atoms with Crippen LogP contribution in [0.1, 0.15) is 26.7 Å². The van der Waals surface area contributed by atoms with Gasteiger partial charge in [0, 0.05) is 17.8 Å². The number of benzene rings is 2. The Hall–Kier alpha value is -3.40. The minimum Gasteiger partial charge on any atom is -0.497 e. The molecule has 0 saturated heterocycles. The summed E-state index contributed by atoms with van der Waals surface area (Å²) in [7, 11) is -2.63. The summed E-state index contributed by atoms with van der Waals surface area (Å²) < 4.78 is 33.7. The molecule has 1 fully saturated rings. The molecule has 2 atom stereocenters. The number of hydrogen-bond donors (Lipinski definition) is 2. The number of allylic oxidation sites excluding steroid dienone is 2. The van der Waals surface area contributed by atoms with Crippen LogP contribution in [0.2, 0.25) is 0 Å². The van der Waals surface area contributed by atoms with Gasteiger partial charge in [0.2, 0.25) is 0 Å². The van der Waals surface area contributed by atoms with Crippen molar-refractivity contribution in [1.82, 2.24) is 0 Å². The Labute approximate surface area is 192 Å². The number of methoxy groups -OCH3 is 1. The van der Waals surface area contributed by atoms with Crippen molar-refractivity contribution in [2.75, 3.05) is 17.3 Å². The summed E-state index contributed by atoms with van der Waals surface area (Å²) in [6, 6.07) is 9.91. The molecule has 174 valence electrons. The van der Waals surface area contributed by atoms with Crippen molar-refractivity contribution in [3.63, 3.8) is 0 Å². The molecular formula is C23H26N4O5S. The molecule has 33 heavy (non-hydrogen) atoms. The first-order chi connectivity index (χ1) is 15.6. The molecular weight excluding hydrogens is 444 g/mol. The molecule has 2 unspecified atom stereocenters. The van der Waals surface area contributed by atoms with Gasteiger partial charge >= 0.3 is 0 Å². The van der Waals surface area contributed by atoms with Crippen LogP contribution in [0, 0.1) is 27.4 Å². The van der Waals surface area contributed by atoms with Gasteiger partial charge < -0.3 is 4.74 Å². The Morgan fingerprint density at radius 2 is 1.94 bits per heavy atom. The highest BCUT2D eigenvalue weighted by Gasteiger charge is 2.50. The van der Waals surface area contributed by atoms with Crippen molar-refractivity contribution in [2.24, 2.45) is 22.4 Å². The molecule has 1 saturated carbocycles. The first-order valence-corrected chi connectivity index (χ1v) is 12.0.